The summed E-state index contributed by atoms with van der Waals surface area (Å²) in [6.45, 7) is 1.79. The van der Waals surface area contributed by atoms with Crippen molar-refractivity contribution in [2.45, 2.75) is 26.2 Å². The molecule has 0 radical (unpaired) electrons. The summed E-state index contributed by atoms with van der Waals surface area (Å²) in [6, 6.07) is 0. The SMILES string of the molecule is CCCOC(=O)OCCC(F)F. The van der Waals surface area contributed by atoms with Crippen molar-refractivity contribution in [1.29, 1.82) is 0 Å². The van der Waals surface area contributed by atoms with E-state index in [2.05, 4.69) is 9.47 Å². The van der Waals surface area contributed by atoms with E-state index < -0.39 is 19.0 Å². The van der Waals surface area contributed by atoms with Gasteiger partial charge in [-0.1, -0.05) is 6.92 Å². The number of carbonyl (C=O) groups is 1. The monoisotopic (exact) mass is 182 g/mol. The van der Waals surface area contributed by atoms with Gasteiger partial charge in [0.05, 0.1) is 6.61 Å². The lowest BCUT2D eigenvalue weighted by molar-refractivity contribution is 0.0379. The number of alkyl halides is 2. The molecule has 0 saturated carbocycles. The van der Waals surface area contributed by atoms with E-state index in [0.717, 1.165) is 0 Å². The molecular formula is C7H12F2O3. The maximum absolute atomic E-state index is 11.5. The first kappa shape index (κ1) is 11.1. The number of rotatable bonds is 5. The van der Waals surface area contributed by atoms with Gasteiger partial charge in [0, 0.05) is 6.42 Å². The number of carbonyl (C=O) groups excluding carboxylic acids is 1. The van der Waals surface area contributed by atoms with Crippen LogP contribution in [0.3, 0.4) is 0 Å². The van der Waals surface area contributed by atoms with Crippen LogP contribution in [0.15, 0.2) is 0 Å². The molecule has 0 amide bonds. The smallest absolute Gasteiger partial charge is 0.434 e. The molecule has 0 rings (SSSR count). The topological polar surface area (TPSA) is 35.5 Å². The zero-order valence-corrected chi connectivity index (χ0v) is 6.89. The summed E-state index contributed by atoms with van der Waals surface area (Å²) >= 11 is 0. The van der Waals surface area contributed by atoms with E-state index in [-0.39, 0.29) is 13.2 Å². The highest BCUT2D eigenvalue weighted by atomic mass is 19.3. The molecule has 0 fully saturated rings. The van der Waals surface area contributed by atoms with E-state index in [4.69, 9.17) is 0 Å². The van der Waals surface area contributed by atoms with E-state index in [1.807, 2.05) is 6.92 Å². The first-order valence-electron chi connectivity index (χ1n) is 3.74. The lowest BCUT2D eigenvalue weighted by Crippen LogP contribution is -2.10. The second-order valence-electron chi connectivity index (χ2n) is 2.13. The molecule has 0 heterocycles. The third kappa shape index (κ3) is 7.24. The Morgan fingerprint density at radius 3 is 2.42 bits per heavy atom. The van der Waals surface area contributed by atoms with Crippen molar-refractivity contribution < 1.29 is 23.0 Å². The largest absolute Gasteiger partial charge is 0.508 e. The highest BCUT2D eigenvalue weighted by molar-refractivity contribution is 5.59. The summed E-state index contributed by atoms with van der Waals surface area (Å²) in [5.74, 6) is 0. The zero-order valence-electron chi connectivity index (χ0n) is 6.89. The minimum atomic E-state index is -2.44. The van der Waals surface area contributed by atoms with E-state index in [1.165, 1.54) is 0 Å². The molecule has 0 N–H and O–H groups in total. The van der Waals surface area contributed by atoms with Gasteiger partial charge in [-0.3, -0.25) is 0 Å². The summed E-state index contributed by atoms with van der Waals surface area (Å²) in [6.07, 6.45) is -3.08. The lowest BCUT2D eigenvalue weighted by Gasteiger charge is -2.03. The quantitative estimate of drug-likeness (QED) is 0.611. The van der Waals surface area contributed by atoms with Crippen LogP contribution in [0.1, 0.15) is 19.8 Å². The van der Waals surface area contributed by atoms with Crippen LogP contribution in [-0.2, 0) is 9.47 Å². The average molecular weight is 182 g/mol. The summed E-state index contributed by atoms with van der Waals surface area (Å²) in [7, 11) is 0. The second-order valence-corrected chi connectivity index (χ2v) is 2.13. The van der Waals surface area contributed by atoms with E-state index in [9.17, 15) is 13.6 Å². The van der Waals surface area contributed by atoms with Crippen LogP contribution in [0, 0.1) is 0 Å². The molecule has 0 aliphatic heterocycles. The Morgan fingerprint density at radius 1 is 1.33 bits per heavy atom. The molecule has 0 aromatic rings. The van der Waals surface area contributed by atoms with Crippen molar-refractivity contribution in [2.75, 3.05) is 13.2 Å². The fraction of sp³-hybridized carbons (Fsp3) is 0.857. The molecule has 12 heavy (non-hydrogen) atoms. The van der Waals surface area contributed by atoms with Crippen LogP contribution in [-0.4, -0.2) is 25.8 Å². The molecule has 3 nitrogen and oxygen atoms in total. The average Bonchev–Trinajstić information content (AvgIpc) is 2.00. The lowest BCUT2D eigenvalue weighted by atomic mass is 10.5. The van der Waals surface area contributed by atoms with Crippen LogP contribution in [0.25, 0.3) is 0 Å². The van der Waals surface area contributed by atoms with Crippen LogP contribution in [0.4, 0.5) is 13.6 Å². The van der Waals surface area contributed by atoms with Gasteiger partial charge in [0.1, 0.15) is 6.61 Å². The van der Waals surface area contributed by atoms with Gasteiger partial charge >= 0.3 is 6.16 Å². The molecule has 0 atom stereocenters. The second kappa shape index (κ2) is 6.82. The van der Waals surface area contributed by atoms with Crippen molar-refractivity contribution in [1.82, 2.24) is 0 Å². The first-order valence-corrected chi connectivity index (χ1v) is 3.74. The Hall–Kier alpha value is -0.870. The molecule has 5 heteroatoms. The van der Waals surface area contributed by atoms with Crippen molar-refractivity contribution in [3.63, 3.8) is 0 Å². The summed E-state index contributed by atoms with van der Waals surface area (Å²) in [4.78, 5) is 10.5. The molecule has 72 valence electrons. The van der Waals surface area contributed by atoms with Gasteiger partial charge in [-0.05, 0) is 6.42 Å². The van der Waals surface area contributed by atoms with Crippen molar-refractivity contribution in [3.05, 3.63) is 0 Å². The number of hydrogen-bond acceptors (Lipinski definition) is 3. The molecule has 0 spiro atoms. The molecule has 0 saturated heterocycles. The van der Waals surface area contributed by atoms with Gasteiger partial charge in [-0.2, -0.15) is 0 Å². The Kier molecular flexibility index (Phi) is 6.32. The number of halogens is 2. The zero-order chi connectivity index (χ0) is 9.40. The maximum atomic E-state index is 11.5. The fourth-order valence-electron chi connectivity index (χ4n) is 0.458. The van der Waals surface area contributed by atoms with E-state index in [1.54, 1.807) is 0 Å². The van der Waals surface area contributed by atoms with Crippen molar-refractivity contribution in [3.8, 4) is 0 Å². The summed E-state index contributed by atoms with van der Waals surface area (Å²) in [5.41, 5.74) is 0. The third-order valence-electron chi connectivity index (χ3n) is 0.980. The molecule has 0 aliphatic rings. The van der Waals surface area contributed by atoms with E-state index >= 15 is 0 Å². The summed E-state index contributed by atoms with van der Waals surface area (Å²) < 4.78 is 31.8. The van der Waals surface area contributed by atoms with Crippen molar-refractivity contribution >= 4 is 6.16 Å². The minimum Gasteiger partial charge on any atom is -0.434 e. The Labute approximate surface area is 69.6 Å². The Bertz CT molecular complexity index is 128. The normalized spacial score (nSPS) is 10.0. The van der Waals surface area contributed by atoms with Gasteiger partial charge in [0.25, 0.3) is 0 Å². The molecule has 0 aromatic heterocycles. The van der Waals surface area contributed by atoms with Crippen LogP contribution >= 0.6 is 0 Å². The molecule has 0 aromatic carbocycles. The van der Waals surface area contributed by atoms with Gasteiger partial charge in [0.15, 0.2) is 0 Å². The highest BCUT2D eigenvalue weighted by Gasteiger charge is 2.06. The molecular weight excluding hydrogens is 170 g/mol. The fourth-order valence-corrected chi connectivity index (χ4v) is 0.458. The standard InChI is InChI=1S/C7H12F2O3/c1-2-4-11-7(10)12-5-3-6(8)9/h6H,2-5H2,1H3. The van der Waals surface area contributed by atoms with Gasteiger partial charge in [-0.15, -0.1) is 0 Å². The number of hydrogen-bond donors (Lipinski definition) is 0. The highest BCUT2D eigenvalue weighted by Crippen LogP contribution is 1.99. The van der Waals surface area contributed by atoms with Gasteiger partial charge in [0.2, 0.25) is 6.43 Å². The predicted molar refractivity (Wildman–Crippen MR) is 38.2 cm³/mol. The number of ether oxygens (including phenoxy) is 2. The Morgan fingerprint density at radius 2 is 1.92 bits per heavy atom. The van der Waals surface area contributed by atoms with Gasteiger partial charge < -0.3 is 9.47 Å². The summed E-state index contributed by atoms with van der Waals surface area (Å²) in [5, 5.41) is 0. The van der Waals surface area contributed by atoms with E-state index in [0.29, 0.717) is 6.42 Å². The van der Waals surface area contributed by atoms with Crippen LogP contribution < -0.4 is 0 Å². The predicted octanol–water partition coefficient (Wildman–Crippen LogP) is 2.20. The van der Waals surface area contributed by atoms with Crippen LogP contribution in [0.5, 0.6) is 0 Å². The third-order valence-corrected chi connectivity index (χ3v) is 0.980. The van der Waals surface area contributed by atoms with Gasteiger partial charge in [-0.25, -0.2) is 13.6 Å². The minimum absolute atomic E-state index is 0.257. The molecule has 0 unspecified atom stereocenters. The Balaban J connectivity index is 3.20. The first-order chi connectivity index (χ1) is 5.66. The molecule has 0 bridgehead atoms. The van der Waals surface area contributed by atoms with Crippen LogP contribution in [0.2, 0.25) is 0 Å². The maximum Gasteiger partial charge on any atom is 0.508 e. The molecule has 0 aliphatic carbocycles. The van der Waals surface area contributed by atoms with Crippen molar-refractivity contribution in [2.24, 2.45) is 0 Å².